The van der Waals surface area contributed by atoms with Crippen LogP contribution in [0.2, 0.25) is 0 Å². The monoisotopic (exact) mass is 366 g/mol. The number of primary sulfonamides is 1. The fourth-order valence-corrected chi connectivity index (χ4v) is 4.28. The van der Waals surface area contributed by atoms with Gasteiger partial charge >= 0.3 is 6.03 Å². The van der Waals surface area contributed by atoms with Crippen LogP contribution in [0.15, 0.2) is 24.3 Å². The van der Waals surface area contributed by atoms with Crippen LogP contribution >= 0.6 is 0 Å². The van der Waals surface area contributed by atoms with Gasteiger partial charge in [-0.3, -0.25) is 9.69 Å². The number of benzene rings is 1. The Labute approximate surface area is 147 Å². The van der Waals surface area contributed by atoms with Crippen molar-refractivity contribution in [3.05, 3.63) is 29.8 Å². The van der Waals surface area contributed by atoms with Crippen molar-refractivity contribution in [2.24, 2.45) is 5.14 Å². The van der Waals surface area contributed by atoms with Gasteiger partial charge in [-0.1, -0.05) is 6.07 Å². The summed E-state index contributed by atoms with van der Waals surface area (Å²) < 4.78 is 22.8. The molecule has 2 aliphatic rings. The van der Waals surface area contributed by atoms with Crippen molar-refractivity contribution in [2.45, 2.75) is 25.3 Å². The lowest BCUT2D eigenvalue weighted by molar-refractivity contribution is 0.0749. The number of amides is 3. The largest absolute Gasteiger partial charge is 0.338 e. The summed E-state index contributed by atoms with van der Waals surface area (Å²) in [4.78, 5) is 28.0. The van der Waals surface area contributed by atoms with Crippen LogP contribution < -0.4 is 15.4 Å². The minimum absolute atomic E-state index is 0.177. The van der Waals surface area contributed by atoms with Crippen molar-refractivity contribution in [3.63, 3.8) is 0 Å². The van der Waals surface area contributed by atoms with E-state index < -0.39 is 16.1 Å². The molecule has 1 atom stereocenters. The molecule has 0 saturated carbocycles. The molecule has 1 aromatic carbocycles. The molecule has 0 unspecified atom stereocenters. The predicted molar refractivity (Wildman–Crippen MR) is 93.8 cm³/mol. The van der Waals surface area contributed by atoms with Gasteiger partial charge < -0.3 is 10.2 Å². The predicted octanol–water partition coefficient (Wildman–Crippen LogP) is 0.499. The molecule has 2 aliphatic heterocycles. The second-order valence-electron chi connectivity index (χ2n) is 6.41. The maximum absolute atomic E-state index is 12.8. The van der Waals surface area contributed by atoms with Crippen molar-refractivity contribution in [2.75, 3.05) is 30.3 Å². The first-order chi connectivity index (χ1) is 11.8. The fourth-order valence-electron chi connectivity index (χ4n) is 3.39. The number of hydrogen-bond acceptors (Lipinski definition) is 4. The standard InChI is InChI=1S/C16H22N4O4S/c17-25(23,24)11-14-6-2-8-19(14)15(21)12-4-1-5-13(10-12)20-9-3-7-18-16(20)22/h1,4-5,10,14H,2-3,6-9,11H2,(H,18,22)(H2,17,23,24)/t14-/m0/s1. The second kappa shape index (κ2) is 7.01. The third kappa shape index (κ3) is 4.10. The molecule has 0 aliphatic carbocycles. The van der Waals surface area contributed by atoms with Crippen LogP contribution in [0.3, 0.4) is 0 Å². The molecule has 0 radical (unpaired) electrons. The molecular weight excluding hydrogens is 344 g/mol. The van der Waals surface area contributed by atoms with Gasteiger partial charge in [-0.2, -0.15) is 0 Å². The highest BCUT2D eigenvalue weighted by Crippen LogP contribution is 2.24. The molecule has 2 saturated heterocycles. The Hall–Kier alpha value is -2.13. The quantitative estimate of drug-likeness (QED) is 0.808. The van der Waals surface area contributed by atoms with Gasteiger partial charge in [0.15, 0.2) is 0 Å². The van der Waals surface area contributed by atoms with E-state index in [0.717, 1.165) is 12.8 Å². The lowest BCUT2D eigenvalue weighted by Gasteiger charge is -2.28. The first-order valence-corrected chi connectivity index (χ1v) is 10.0. The number of nitrogens with two attached hydrogens (primary N) is 1. The minimum Gasteiger partial charge on any atom is -0.338 e. The summed E-state index contributed by atoms with van der Waals surface area (Å²) in [6.45, 7) is 1.76. The number of anilines is 1. The number of nitrogens with one attached hydrogen (secondary N) is 1. The Morgan fingerprint density at radius 1 is 1.28 bits per heavy atom. The number of hydrogen-bond donors (Lipinski definition) is 2. The lowest BCUT2D eigenvalue weighted by Crippen LogP contribution is -2.46. The highest BCUT2D eigenvalue weighted by atomic mass is 32.2. The lowest BCUT2D eigenvalue weighted by atomic mass is 10.1. The van der Waals surface area contributed by atoms with Crippen LogP contribution in [0.5, 0.6) is 0 Å². The number of carbonyl (C=O) groups excluding carboxylic acids is 2. The summed E-state index contributed by atoms with van der Waals surface area (Å²) in [7, 11) is -3.64. The molecule has 0 aromatic heterocycles. The summed E-state index contributed by atoms with van der Waals surface area (Å²) in [6.07, 6.45) is 2.21. The van der Waals surface area contributed by atoms with Gasteiger partial charge in [-0.25, -0.2) is 18.4 Å². The van der Waals surface area contributed by atoms with Crippen molar-refractivity contribution < 1.29 is 18.0 Å². The van der Waals surface area contributed by atoms with E-state index in [1.54, 1.807) is 34.1 Å². The topological polar surface area (TPSA) is 113 Å². The Morgan fingerprint density at radius 3 is 2.80 bits per heavy atom. The average molecular weight is 366 g/mol. The summed E-state index contributed by atoms with van der Waals surface area (Å²) in [5.74, 6) is -0.460. The Morgan fingerprint density at radius 2 is 2.08 bits per heavy atom. The van der Waals surface area contributed by atoms with Gasteiger partial charge in [0.05, 0.1) is 5.75 Å². The van der Waals surface area contributed by atoms with Crippen LogP contribution in [0.1, 0.15) is 29.6 Å². The van der Waals surface area contributed by atoms with Crippen LogP contribution in [0.25, 0.3) is 0 Å². The number of nitrogens with zero attached hydrogens (tertiary/aromatic N) is 2. The summed E-state index contributed by atoms with van der Waals surface area (Å²) in [5.41, 5.74) is 1.10. The van der Waals surface area contributed by atoms with Crippen molar-refractivity contribution in [1.82, 2.24) is 10.2 Å². The van der Waals surface area contributed by atoms with E-state index in [0.29, 0.717) is 37.3 Å². The molecule has 0 spiro atoms. The smallest absolute Gasteiger partial charge is 0.321 e. The number of rotatable bonds is 4. The van der Waals surface area contributed by atoms with Crippen LogP contribution in [-0.2, 0) is 10.0 Å². The van der Waals surface area contributed by atoms with Crippen molar-refractivity contribution >= 4 is 27.6 Å². The zero-order valence-electron chi connectivity index (χ0n) is 13.8. The normalized spacial score (nSPS) is 21.3. The second-order valence-corrected chi connectivity index (χ2v) is 8.07. The Kier molecular flexibility index (Phi) is 4.96. The van der Waals surface area contributed by atoms with E-state index in [2.05, 4.69) is 5.32 Å². The highest BCUT2D eigenvalue weighted by molar-refractivity contribution is 7.89. The van der Waals surface area contributed by atoms with Gasteiger partial charge in [0, 0.05) is 36.9 Å². The molecule has 3 amide bonds. The molecular formula is C16H22N4O4S. The van der Waals surface area contributed by atoms with Crippen LogP contribution in [-0.4, -0.2) is 56.7 Å². The molecule has 2 fully saturated rings. The van der Waals surface area contributed by atoms with Gasteiger partial charge in [0.25, 0.3) is 5.91 Å². The molecule has 2 heterocycles. The van der Waals surface area contributed by atoms with Crippen LogP contribution in [0.4, 0.5) is 10.5 Å². The first-order valence-electron chi connectivity index (χ1n) is 8.32. The van der Waals surface area contributed by atoms with Gasteiger partial charge in [-0.15, -0.1) is 0 Å². The summed E-state index contributed by atoms with van der Waals surface area (Å²) in [6, 6.07) is 6.30. The summed E-state index contributed by atoms with van der Waals surface area (Å²) in [5, 5.41) is 7.91. The molecule has 8 nitrogen and oxygen atoms in total. The molecule has 9 heteroatoms. The van der Waals surface area contributed by atoms with E-state index in [1.807, 2.05) is 0 Å². The van der Waals surface area contributed by atoms with E-state index in [1.165, 1.54) is 0 Å². The van der Waals surface area contributed by atoms with Gasteiger partial charge in [-0.05, 0) is 37.5 Å². The van der Waals surface area contributed by atoms with E-state index in [9.17, 15) is 18.0 Å². The first kappa shape index (κ1) is 17.7. The van der Waals surface area contributed by atoms with Crippen molar-refractivity contribution in [1.29, 1.82) is 0 Å². The molecule has 3 N–H and O–H groups in total. The molecule has 25 heavy (non-hydrogen) atoms. The maximum atomic E-state index is 12.8. The van der Waals surface area contributed by atoms with E-state index >= 15 is 0 Å². The van der Waals surface area contributed by atoms with Gasteiger partial charge in [0.1, 0.15) is 0 Å². The number of carbonyl (C=O) groups is 2. The zero-order chi connectivity index (χ0) is 18.0. The highest BCUT2D eigenvalue weighted by Gasteiger charge is 2.32. The Balaban J connectivity index is 1.80. The third-order valence-corrected chi connectivity index (χ3v) is 5.40. The van der Waals surface area contributed by atoms with E-state index in [-0.39, 0.29) is 17.7 Å². The number of likely N-dealkylation sites (tertiary alicyclic amines) is 1. The number of urea groups is 1. The molecule has 3 rings (SSSR count). The van der Waals surface area contributed by atoms with Crippen LogP contribution in [0, 0.1) is 0 Å². The minimum atomic E-state index is -3.64. The van der Waals surface area contributed by atoms with Crippen molar-refractivity contribution in [3.8, 4) is 0 Å². The molecule has 136 valence electrons. The Bertz CT molecular complexity index is 780. The molecule has 1 aromatic rings. The molecule has 0 bridgehead atoms. The SMILES string of the molecule is NS(=O)(=O)C[C@@H]1CCCN1C(=O)c1cccc(N2CCCNC2=O)c1. The van der Waals surface area contributed by atoms with E-state index in [4.69, 9.17) is 5.14 Å². The average Bonchev–Trinajstić information content (AvgIpc) is 3.01. The zero-order valence-corrected chi connectivity index (χ0v) is 14.7. The van der Waals surface area contributed by atoms with Gasteiger partial charge in [0.2, 0.25) is 10.0 Å². The maximum Gasteiger partial charge on any atom is 0.321 e. The fraction of sp³-hybridized carbons (Fsp3) is 0.500. The third-order valence-electron chi connectivity index (χ3n) is 4.55. The summed E-state index contributed by atoms with van der Waals surface area (Å²) >= 11 is 0. The number of sulfonamides is 1.